The highest BCUT2D eigenvalue weighted by molar-refractivity contribution is 5.94. The van der Waals surface area contributed by atoms with Gasteiger partial charge in [0.15, 0.2) is 0 Å². The molecule has 0 aliphatic heterocycles. The van der Waals surface area contributed by atoms with Crippen molar-refractivity contribution in [2.45, 2.75) is 47.0 Å². The molecule has 0 aromatic heterocycles. The number of carbonyl (C=O) groups excluding carboxylic acids is 1. The van der Waals surface area contributed by atoms with Gasteiger partial charge in [0.05, 0.1) is 12.0 Å². The monoisotopic (exact) mass is 307 g/mol. The van der Waals surface area contributed by atoms with Gasteiger partial charge in [0.1, 0.15) is 5.75 Å². The molecule has 0 aliphatic carbocycles. The van der Waals surface area contributed by atoms with Gasteiger partial charge < -0.3 is 15.2 Å². The van der Waals surface area contributed by atoms with Crippen molar-refractivity contribution in [3.8, 4) is 5.75 Å². The summed E-state index contributed by atoms with van der Waals surface area (Å²) < 4.78 is 5.61. The van der Waals surface area contributed by atoms with Crippen LogP contribution in [0.2, 0.25) is 0 Å². The molecular weight excluding hydrogens is 282 g/mol. The zero-order valence-electron chi connectivity index (χ0n) is 13.7. The lowest BCUT2D eigenvalue weighted by atomic mass is 9.89. The molecule has 0 fully saturated rings. The van der Waals surface area contributed by atoms with Gasteiger partial charge in [0.2, 0.25) is 5.91 Å². The standard InChI is InChI=1S/C17H25NO4/c1-5-6-9-22-13-7-8-14(12(2)10-13)18-15(19)11-17(3,4)16(20)21/h7-8,10H,5-6,9,11H2,1-4H3,(H,18,19)(H,20,21). The van der Waals surface area contributed by atoms with Crippen LogP contribution in [-0.4, -0.2) is 23.6 Å². The number of carboxylic acids is 1. The molecule has 5 nitrogen and oxygen atoms in total. The Labute approximate surface area is 131 Å². The molecule has 0 aliphatic rings. The number of rotatable bonds is 8. The molecule has 0 saturated heterocycles. The average Bonchev–Trinajstić information content (AvgIpc) is 2.41. The Morgan fingerprint density at radius 2 is 2.00 bits per heavy atom. The number of nitrogens with one attached hydrogen (secondary N) is 1. The molecule has 122 valence electrons. The van der Waals surface area contributed by atoms with E-state index in [0.717, 1.165) is 24.2 Å². The van der Waals surface area contributed by atoms with Gasteiger partial charge in [-0.15, -0.1) is 0 Å². The largest absolute Gasteiger partial charge is 0.494 e. The van der Waals surface area contributed by atoms with Crippen molar-refractivity contribution in [1.82, 2.24) is 0 Å². The van der Waals surface area contributed by atoms with Gasteiger partial charge in [0, 0.05) is 12.1 Å². The predicted octanol–water partition coefficient (Wildman–Crippen LogP) is 3.61. The fraction of sp³-hybridized carbons (Fsp3) is 0.529. The van der Waals surface area contributed by atoms with Crippen LogP contribution in [0.15, 0.2) is 18.2 Å². The molecule has 2 N–H and O–H groups in total. The van der Waals surface area contributed by atoms with Crippen molar-refractivity contribution in [3.63, 3.8) is 0 Å². The number of hydrogen-bond donors (Lipinski definition) is 2. The lowest BCUT2D eigenvalue weighted by molar-refractivity contribution is -0.148. The summed E-state index contributed by atoms with van der Waals surface area (Å²) in [7, 11) is 0. The third-order valence-electron chi connectivity index (χ3n) is 3.42. The first kappa shape index (κ1) is 18.0. The molecule has 1 aromatic carbocycles. The van der Waals surface area contributed by atoms with E-state index in [-0.39, 0.29) is 12.3 Å². The van der Waals surface area contributed by atoms with Crippen molar-refractivity contribution < 1.29 is 19.4 Å². The number of aryl methyl sites for hydroxylation is 1. The number of hydrogen-bond acceptors (Lipinski definition) is 3. The van der Waals surface area contributed by atoms with Crippen LogP contribution < -0.4 is 10.1 Å². The molecule has 0 atom stereocenters. The number of unbranched alkanes of at least 4 members (excludes halogenated alkanes) is 1. The van der Waals surface area contributed by atoms with E-state index in [2.05, 4.69) is 12.2 Å². The van der Waals surface area contributed by atoms with E-state index in [9.17, 15) is 9.59 Å². The Bertz CT molecular complexity index is 537. The number of aliphatic carboxylic acids is 1. The van der Waals surface area contributed by atoms with E-state index < -0.39 is 11.4 Å². The first-order chi connectivity index (χ1) is 10.3. The second-order valence-corrected chi connectivity index (χ2v) is 6.09. The van der Waals surface area contributed by atoms with Crippen molar-refractivity contribution in [3.05, 3.63) is 23.8 Å². The fourth-order valence-corrected chi connectivity index (χ4v) is 1.87. The molecule has 22 heavy (non-hydrogen) atoms. The molecule has 1 aromatic rings. The summed E-state index contributed by atoms with van der Waals surface area (Å²) in [5.74, 6) is -0.524. The van der Waals surface area contributed by atoms with Crippen molar-refractivity contribution in [1.29, 1.82) is 0 Å². The van der Waals surface area contributed by atoms with Gasteiger partial charge in [-0.3, -0.25) is 9.59 Å². The molecule has 5 heteroatoms. The maximum Gasteiger partial charge on any atom is 0.309 e. The van der Waals surface area contributed by atoms with Gasteiger partial charge in [-0.1, -0.05) is 13.3 Å². The van der Waals surface area contributed by atoms with Crippen LogP contribution in [0.1, 0.15) is 45.6 Å². The summed E-state index contributed by atoms with van der Waals surface area (Å²) in [4.78, 5) is 23.0. The third-order valence-corrected chi connectivity index (χ3v) is 3.42. The smallest absolute Gasteiger partial charge is 0.309 e. The summed E-state index contributed by atoms with van der Waals surface area (Å²) in [6.45, 7) is 7.73. The molecule has 1 amide bonds. The minimum absolute atomic E-state index is 0.0729. The fourth-order valence-electron chi connectivity index (χ4n) is 1.87. The molecule has 0 saturated carbocycles. The first-order valence-electron chi connectivity index (χ1n) is 7.53. The van der Waals surface area contributed by atoms with Gasteiger partial charge in [-0.05, 0) is 51.0 Å². The summed E-state index contributed by atoms with van der Waals surface area (Å²) in [6.07, 6.45) is 2.00. The van der Waals surface area contributed by atoms with E-state index in [4.69, 9.17) is 9.84 Å². The van der Waals surface area contributed by atoms with E-state index >= 15 is 0 Å². The van der Waals surface area contributed by atoms with E-state index in [1.165, 1.54) is 13.8 Å². The molecule has 0 spiro atoms. The van der Waals surface area contributed by atoms with Crippen LogP contribution in [0.5, 0.6) is 5.75 Å². The Morgan fingerprint density at radius 1 is 1.32 bits per heavy atom. The van der Waals surface area contributed by atoms with Crippen LogP contribution in [0.25, 0.3) is 0 Å². The highest BCUT2D eigenvalue weighted by Crippen LogP contribution is 2.24. The second-order valence-electron chi connectivity index (χ2n) is 6.09. The summed E-state index contributed by atoms with van der Waals surface area (Å²) >= 11 is 0. The van der Waals surface area contributed by atoms with Crippen LogP contribution in [0.3, 0.4) is 0 Å². The first-order valence-corrected chi connectivity index (χ1v) is 7.53. The summed E-state index contributed by atoms with van der Waals surface area (Å²) in [6, 6.07) is 5.45. The van der Waals surface area contributed by atoms with Gasteiger partial charge in [-0.2, -0.15) is 0 Å². The summed E-state index contributed by atoms with van der Waals surface area (Å²) in [5, 5.41) is 11.8. The van der Waals surface area contributed by atoms with Gasteiger partial charge >= 0.3 is 5.97 Å². The zero-order chi connectivity index (χ0) is 16.8. The zero-order valence-corrected chi connectivity index (χ0v) is 13.7. The molecule has 0 bridgehead atoms. The normalized spacial score (nSPS) is 11.1. The Balaban J connectivity index is 2.66. The SMILES string of the molecule is CCCCOc1ccc(NC(=O)CC(C)(C)C(=O)O)c(C)c1. The highest BCUT2D eigenvalue weighted by Gasteiger charge is 2.30. The molecular formula is C17H25NO4. The third kappa shape index (κ3) is 5.39. The van der Waals surface area contributed by atoms with Crippen LogP contribution in [0.4, 0.5) is 5.69 Å². The second kappa shape index (κ2) is 7.82. The van der Waals surface area contributed by atoms with Crippen LogP contribution in [-0.2, 0) is 9.59 Å². The minimum atomic E-state index is -1.08. The lowest BCUT2D eigenvalue weighted by Crippen LogP contribution is -2.29. The number of anilines is 1. The van der Waals surface area contributed by atoms with E-state index in [0.29, 0.717) is 12.3 Å². The summed E-state index contributed by atoms with van der Waals surface area (Å²) in [5.41, 5.74) is 0.478. The number of carboxylic acid groups (broad SMARTS) is 1. The number of amides is 1. The quantitative estimate of drug-likeness (QED) is 0.719. The molecule has 1 rings (SSSR count). The maximum absolute atomic E-state index is 12.0. The van der Waals surface area contributed by atoms with Crippen molar-refractivity contribution >= 4 is 17.6 Å². The maximum atomic E-state index is 12.0. The Kier molecular flexibility index (Phi) is 6.40. The van der Waals surface area contributed by atoms with Gasteiger partial charge in [0.25, 0.3) is 0 Å². The molecule has 0 unspecified atom stereocenters. The van der Waals surface area contributed by atoms with Crippen LogP contribution >= 0.6 is 0 Å². The van der Waals surface area contributed by atoms with Crippen molar-refractivity contribution in [2.24, 2.45) is 5.41 Å². The van der Waals surface area contributed by atoms with Crippen LogP contribution in [0, 0.1) is 12.3 Å². The minimum Gasteiger partial charge on any atom is -0.494 e. The number of carbonyl (C=O) groups is 2. The topological polar surface area (TPSA) is 75.6 Å². The lowest BCUT2D eigenvalue weighted by Gasteiger charge is -2.19. The molecule has 0 heterocycles. The predicted molar refractivity (Wildman–Crippen MR) is 86.2 cm³/mol. The number of ether oxygens (including phenoxy) is 1. The Morgan fingerprint density at radius 3 is 2.55 bits per heavy atom. The Hall–Kier alpha value is -2.04. The average molecular weight is 307 g/mol. The van der Waals surface area contributed by atoms with E-state index in [1.54, 1.807) is 12.1 Å². The van der Waals surface area contributed by atoms with Crippen molar-refractivity contribution in [2.75, 3.05) is 11.9 Å². The highest BCUT2D eigenvalue weighted by atomic mass is 16.5. The van der Waals surface area contributed by atoms with E-state index in [1.807, 2.05) is 13.0 Å². The number of benzene rings is 1. The molecule has 0 radical (unpaired) electrons. The van der Waals surface area contributed by atoms with Gasteiger partial charge in [-0.25, -0.2) is 0 Å².